The average molecular weight is 592 g/mol. The molecule has 0 N–H and O–H groups in total. The fourth-order valence-electron chi connectivity index (χ4n) is 9.24. The van der Waals surface area contributed by atoms with Crippen LogP contribution in [0.1, 0.15) is 103 Å². The van der Waals surface area contributed by atoms with Crippen LogP contribution in [0.2, 0.25) is 0 Å². The number of fused-ring (bicyclic) bond motifs is 2. The Morgan fingerprint density at radius 3 is 1.64 bits per heavy atom. The fraction of sp³-hybridized carbons (Fsp3) is 0.364. The SMILES string of the molecule is CC1(C)CC(C)(C)c2cc(-c3ccc(-c4ccc5c(c4)C(C)(C)CC5(C)C)c(N(C4=CCCC=C4)c4ccccc4)c3)ccc21. The van der Waals surface area contributed by atoms with Crippen LogP contribution in [0, 0.1) is 0 Å². The summed E-state index contributed by atoms with van der Waals surface area (Å²) in [5, 5.41) is 0. The van der Waals surface area contributed by atoms with Gasteiger partial charge in [-0.05, 0) is 111 Å². The van der Waals surface area contributed by atoms with Crippen LogP contribution in [0.3, 0.4) is 0 Å². The van der Waals surface area contributed by atoms with E-state index >= 15 is 0 Å². The van der Waals surface area contributed by atoms with Gasteiger partial charge in [-0.2, -0.15) is 0 Å². The lowest BCUT2D eigenvalue weighted by Gasteiger charge is -2.30. The molecule has 0 unspecified atom stereocenters. The molecule has 1 heteroatoms. The Kier molecular flexibility index (Phi) is 6.86. The summed E-state index contributed by atoms with van der Waals surface area (Å²) < 4.78 is 0. The van der Waals surface area contributed by atoms with E-state index in [2.05, 4.69) is 163 Å². The lowest BCUT2D eigenvalue weighted by molar-refractivity contribution is 0.402. The van der Waals surface area contributed by atoms with E-state index in [1.807, 2.05) is 0 Å². The summed E-state index contributed by atoms with van der Waals surface area (Å²) in [4.78, 5) is 2.48. The lowest BCUT2D eigenvalue weighted by Crippen LogP contribution is -2.18. The van der Waals surface area contributed by atoms with E-state index in [9.17, 15) is 0 Å². The minimum Gasteiger partial charge on any atom is -0.310 e. The third-order valence-corrected chi connectivity index (χ3v) is 10.9. The van der Waals surface area contributed by atoms with Gasteiger partial charge in [0.05, 0.1) is 5.69 Å². The van der Waals surface area contributed by atoms with Crippen LogP contribution in [0.25, 0.3) is 22.3 Å². The molecule has 0 saturated heterocycles. The second-order valence-electron chi connectivity index (χ2n) is 16.4. The molecular weight excluding hydrogens is 542 g/mol. The van der Waals surface area contributed by atoms with Gasteiger partial charge in [0, 0.05) is 16.9 Å². The Morgan fingerprint density at radius 2 is 1.04 bits per heavy atom. The zero-order valence-electron chi connectivity index (χ0n) is 28.6. The molecule has 0 heterocycles. The van der Waals surface area contributed by atoms with E-state index in [1.165, 1.54) is 74.4 Å². The monoisotopic (exact) mass is 591 g/mol. The fourth-order valence-corrected chi connectivity index (χ4v) is 9.24. The van der Waals surface area contributed by atoms with Gasteiger partial charge in [-0.25, -0.2) is 0 Å². The van der Waals surface area contributed by atoms with Gasteiger partial charge in [-0.1, -0.05) is 134 Å². The zero-order chi connectivity index (χ0) is 31.8. The highest BCUT2D eigenvalue weighted by atomic mass is 15.1. The van der Waals surface area contributed by atoms with E-state index in [0.29, 0.717) is 0 Å². The van der Waals surface area contributed by atoms with E-state index in [0.717, 1.165) is 12.8 Å². The summed E-state index contributed by atoms with van der Waals surface area (Å²) >= 11 is 0. The summed E-state index contributed by atoms with van der Waals surface area (Å²) in [5.41, 5.74) is 15.5. The molecule has 0 radical (unpaired) electrons. The minimum atomic E-state index is 0.147. The van der Waals surface area contributed by atoms with Gasteiger partial charge < -0.3 is 4.90 Å². The first-order valence-corrected chi connectivity index (χ1v) is 16.9. The maximum absolute atomic E-state index is 2.50. The first kappa shape index (κ1) is 29.8. The second kappa shape index (κ2) is 10.3. The van der Waals surface area contributed by atoms with Gasteiger partial charge in [0.25, 0.3) is 0 Å². The molecule has 0 fully saturated rings. The van der Waals surface area contributed by atoms with Crippen LogP contribution >= 0.6 is 0 Å². The van der Waals surface area contributed by atoms with Crippen molar-refractivity contribution in [1.29, 1.82) is 0 Å². The van der Waals surface area contributed by atoms with Gasteiger partial charge in [0.15, 0.2) is 0 Å². The largest absolute Gasteiger partial charge is 0.310 e. The number of anilines is 2. The lowest BCUT2D eigenvalue weighted by atomic mass is 9.82. The average Bonchev–Trinajstić information content (AvgIpc) is 3.32. The van der Waals surface area contributed by atoms with Crippen LogP contribution in [-0.4, -0.2) is 0 Å². The van der Waals surface area contributed by atoms with Gasteiger partial charge in [0.2, 0.25) is 0 Å². The maximum atomic E-state index is 2.50. The maximum Gasteiger partial charge on any atom is 0.0546 e. The summed E-state index contributed by atoms with van der Waals surface area (Å²) in [6.07, 6.45) is 11.5. The molecule has 45 heavy (non-hydrogen) atoms. The topological polar surface area (TPSA) is 3.24 Å². The van der Waals surface area contributed by atoms with Gasteiger partial charge in [-0.15, -0.1) is 0 Å². The molecule has 3 aliphatic carbocycles. The molecule has 4 aromatic carbocycles. The van der Waals surface area contributed by atoms with Crippen molar-refractivity contribution in [1.82, 2.24) is 0 Å². The molecule has 0 amide bonds. The van der Waals surface area contributed by atoms with Crippen molar-refractivity contribution in [2.24, 2.45) is 0 Å². The molecule has 1 nitrogen and oxygen atoms in total. The molecule has 4 aromatic rings. The second-order valence-corrected chi connectivity index (χ2v) is 16.4. The number of para-hydroxylation sites is 1. The van der Waals surface area contributed by atoms with Crippen LogP contribution in [0.15, 0.2) is 109 Å². The minimum absolute atomic E-state index is 0.147. The predicted molar refractivity (Wildman–Crippen MR) is 194 cm³/mol. The van der Waals surface area contributed by atoms with Crippen LogP contribution < -0.4 is 4.90 Å². The summed E-state index contributed by atoms with van der Waals surface area (Å²) in [6.45, 7) is 19.3. The summed E-state index contributed by atoms with van der Waals surface area (Å²) in [5.74, 6) is 0. The molecule has 7 rings (SSSR count). The van der Waals surface area contributed by atoms with E-state index in [-0.39, 0.29) is 21.7 Å². The third-order valence-electron chi connectivity index (χ3n) is 10.9. The quantitative estimate of drug-likeness (QED) is 0.223. The van der Waals surface area contributed by atoms with Crippen molar-refractivity contribution in [2.45, 2.75) is 103 Å². The first-order valence-electron chi connectivity index (χ1n) is 16.9. The van der Waals surface area contributed by atoms with Gasteiger partial charge in [-0.3, -0.25) is 0 Å². The highest BCUT2D eigenvalue weighted by molar-refractivity contribution is 5.89. The molecular formula is C44H49N. The molecule has 0 spiro atoms. The molecule has 0 saturated carbocycles. The number of nitrogens with zero attached hydrogens (tertiary/aromatic N) is 1. The van der Waals surface area contributed by atoms with E-state index < -0.39 is 0 Å². The Labute approximate surface area is 271 Å². The molecule has 0 aliphatic heterocycles. The zero-order valence-corrected chi connectivity index (χ0v) is 28.6. The molecule has 3 aliphatic rings. The van der Waals surface area contributed by atoms with E-state index in [4.69, 9.17) is 0 Å². The summed E-state index contributed by atoms with van der Waals surface area (Å²) in [7, 11) is 0. The molecule has 230 valence electrons. The van der Waals surface area contributed by atoms with Crippen molar-refractivity contribution in [2.75, 3.05) is 4.90 Å². The Hall–Kier alpha value is -3.84. The van der Waals surface area contributed by atoms with Crippen LogP contribution in [0.4, 0.5) is 11.4 Å². The Morgan fingerprint density at radius 1 is 0.511 bits per heavy atom. The number of hydrogen-bond acceptors (Lipinski definition) is 1. The van der Waals surface area contributed by atoms with Crippen LogP contribution in [0.5, 0.6) is 0 Å². The van der Waals surface area contributed by atoms with Crippen molar-refractivity contribution >= 4 is 11.4 Å². The predicted octanol–water partition coefficient (Wildman–Crippen LogP) is 12.3. The summed E-state index contributed by atoms with van der Waals surface area (Å²) in [6, 6.07) is 32.6. The highest BCUT2D eigenvalue weighted by Gasteiger charge is 2.43. The number of rotatable bonds is 5. The standard InChI is InChI=1S/C44H49N/c1-41(2)28-43(5,6)38-25-30(20-23-36(38)41)31-19-22-35(32-21-24-37-39(26-32)44(7,8)29-42(37,3)4)40(27-31)45(33-15-11-9-12-16-33)34-17-13-10-14-18-34/h9,11-13,15-27H,10,14,28-29H2,1-8H3. The number of allylic oxidation sites excluding steroid dienone is 3. The van der Waals surface area contributed by atoms with Gasteiger partial charge >= 0.3 is 0 Å². The Bertz CT molecular complexity index is 1840. The number of hydrogen-bond donors (Lipinski definition) is 0. The van der Waals surface area contributed by atoms with Crippen molar-refractivity contribution in [3.8, 4) is 22.3 Å². The van der Waals surface area contributed by atoms with Crippen LogP contribution in [-0.2, 0) is 21.7 Å². The van der Waals surface area contributed by atoms with Crippen molar-refractivity contribution in [3.63, 3.8) is 0 Å². The Balaban J connectivity index is 1.45. The molecule has 0 aromatic heterocycles. The van der Waals surface area contributed by atoms with Crippen molar-refractivity contribution < 1.29 is 0 Å². The van der Waals surface area contributed by atoms with E-state index in [1.54, 1.807) is 0 Å². The first-order chi connectivity index (χ1) is 21.3. The molecule has 0 bridgehead atoms. The number of benzene rings is 4. The highest BCUT2D eigenvalue weighted by Crippen LogP contribution is 2.52. The van der Waals surface area contributed by atoms with Crippen molar-refractivity contribution in [3.05, 3.63) is 131 Å². The van der Waals surface area contributed by atoms with Gasteiger partial charge in [0.1, 0.15) is 0 Å². The smallest absolute Gasteiger partial charge is 0.0546 e. The molecule has 0 atom stereocenters. The third kappa shape index (κ3) is 5.09. The normalized spacial score (nSPS) is 20.0.